The Morgan fingerprint density at radius 3 is 2.06 bits per heavy atom. The maximum Gasteiger partial charge on any atom is 0.156 e. The summed E-state index contributed by atoms with van der Waals surface area (Å²) in [5.41, 5.74) is 13.2. The highest BCUT2D eigenvalue weighted by atomic mass is 16.1. The molecule has 0 aliphatic heterocycles. The molecule has 0 amide bonds. The van der Waals surface area contributed by atoms with Gasteiger partial charge in [-0.2, -0.15) is 0 Å². The summed E-state index contributed by atoms with van der Waals surface area (Å²) in [6.07, 6.45) is 10.8. The number of rotatable bonds is 9. The lowest BCUT2D eigenvalue weighted by atomic mass is 9.88. The third-order valence-corrected chi connectivity index (χ3v) is 6.78. The number of unbranched alkanes of at least 4 members (excludes halogenated alkanes) is 1. The number of aryl methyl sites for hydroxylation is 3. The second kappa shape index (κ2) is 11.3. The van der Waals surface area contributed by atoms with Crippen LogP contribution in [0.5, 0.6) is 0 Å². The minimum atomic E-state index is 0.183. The first-order chi connectivity index (χ1) is 14.7. The summed E-state index contributed by atoms with van der Waals surface area (Å²) in [5, 5.41) is 0. The van der Waals surface area contributed by atoms with Crippen LogP contribution in [0.3, 0.4) is 0 Å². The number of benzene rings is 2. The van der Waals surface area contributed by atoms with Gasteiger partial charge < -0.3 is 0 Å². The second-order valence-corrected chi connectivity index (χ2v) is 8.97. The van der Waals surface area contributed by atoms with E-state index in [0.29, 0.717) is 6.42 Å². The normalized spacial score (nSPS) is 12.1. The zero-order chi connectivity index (χ0) is 23.1. The Balaban J connectivity index is 2.09. The molecule has 166 valence electrons. The molecule has 0 N–H and O–H groups in total. The maximum absolute atomic E-state index is 12.6. The first kappa shape index (κ1) is 24.9. The molecular weight excluding hydrogens is 376 g/mol. The van der Waals surface area contributed by atoms with Crippen molar-refractivity contribution in [1.82, 2.24) is 0 Å². The van der Waals surface area contributed by atoms with Gasteiger partial charge in [0.2, 0.25) is 0 Å². The van der Waals surface area contributed by atoms with Crippen molar-refractivity contribution in [2.24, 2.45) is 0 Å². The third-order valence-electron chi connectivity index (χ3n) is 6.78. The largest absolute Gasteiger partial charge is 0.295 e. The molecule has 1 nitrogen and oxygen atoms in total. The van der Waals surface area contributed by atoms with E-state index in [-0.39, 0.29) is 5.78 Å². The van der Waals surface area contributed by atoms with Gasteiger partial charge in [0.05, 0.1) is 0 Å². The van der Waals surface area contributed by atoms with Crippen molar-refractivity contribution in [2.75, 3.05) is 0 Å². The summed E-state index contributed by atoms with van der Waals surface area (Å²) in [4.78, 5) is 12.6. The van der Waals surface area contributed by atoms with Gasteiger partial charge in [-0.05, 0) is 129 Å². The molecule has 0 bridgehead atoms. The lowest BCUT2D eigenvalue weighted by Gasteiger charge is -2.16. The summed E-state index contributed by atoms with van der Waals surface area (Å²) in [6.45, 7) is 17.4. The Bertz CT molecular complexity index is 979. The summed E-state index contributed by atoms with van der Waals surface area (Å²) >= 11 is 0. The third kappa shape index (κ3) is 6.29. The first-order valence-electron chi connectivity index (χ1n) is 11.7. The minimum absolute atomic E-state index is 0.183. The fourth-order valence-electron chi connectivity index (χ4n) is 4.38. The van der Waals surface area contributed by atoms with E-state index >= 15 is 0 Å². The van der Waals surface area contributed by atoms with E-state index in [2.05, 4.69) is 79.7 Å². The van der Waals surface area contributed by atoms with Crippen molar-refractivity contribution < 1.29 is 4.79 Å². The van der Waals surface area contributed by atoms with Gasteiger partial charge in [-0.3, -0.25) is 4.79 Å². The lowest BCUT2D eigenvalue weighted by Crippen LogP contribution is -2.00. The Morgan fingerprint density at radius 2 is 1.48 bits per heavy atom. The molecule has 0 atom stereocenters. The summed E-state index contributed by atoms with van der Waals surface area (Å²) in [5.74, 6) is 0.183. The van der Waals surface area contributed by atoms with Crippen LogP contribution in [0.1, 0.15) is 89.6 Å². The molecule has 31 heavy (non-hydrogen) atoms. The Labute approximate surface area is 190 Å². The number of carbonyl (C=O) groups excluding carboxylic acids is 1. The van der Waals surface area contributed by atoms with E-state index in [0.717, 1.165) is 18.4 Å². The smallest absolute Gasteiger partial charge is 0.156 e. The fourth-order valence-corrected chi connectivity index (χ4v) is 4.38. The molecule has 0 radical (unpaired) electrons. The van der Waals surface area contributed by atoms with E-state index in [1.165, 1.54) is 62.9 Å². The molecule has 2 rings (SSSR count). The van der Waals surface area contributed by atoms with E-state index in [1.807, 2.05) is 6.08 Å². The van der Waals surface area contributed by atoms with E-state index in [1.54, 1.807) is 6.08 Å². The predicted molar refractivity (Wildman–Crippen MR) is 137 cm³/mol. The molecule has 2 aromatic rings. The topological polar surface area (TPSA) is 17.1 Å². The van der Waals surface area contributed by atoms with Crippen LogP contribution in [0.25, 0.3) is 11.6 Å². The van der Waals surface area contributed by atoms with Crippen LogP contribution in [0, 0.1) is 41.5 Å². The van der Waals surface area contributed by atoms with E-state index in [4.69, 9.17) is 0 Å². The van der Waals surface area contributed by atoms with Gasteiger partial charge in [-0.1, -0.05) is 43.7 Å². The molecule has 2 aromatic carbocycles. The van der Waals surface area contributed by atoms with Crippen molar-refractivity contribution in [2.45, 2.75) is 87.5 Å². The molecule has 0 unspecified atom stereocenters. The SMILES string of the molecule is CC=C(CCC(=O)/C=C/c1cc(C)c(CCCC)c(C)c1)c1cc(C)c(C)c(C)c1C. The molecule has 0 fully saturated rings. The number of carbonyl (C=O) groups is 1. The number of hydrogen-bond acceptors (Lipinski definition) is 1. The van der Waals surface area contributed by atoms with Gasteiger partial charge in [-0.15, -0.1) is 0 Å². The lowest BCUT2D eigenvalue weighted by molar-refractivity contribution is -0.114. The summed E-state index contributed by atoms with van der Waals surface area (Å²) in [6, 6.07) is 6.69. The average molecular weight is 417 g/mol. The first-order valence-corrected chi connectivity index (χ1v) is 11.7. The zero-order valence-electron chi connectivity index (χ0n) is 20.9. The quantitative estimate of drug-likeness (QED) is 0.375. The van der Waals surface area contributed by atoms with Crippen LogP contribution in [-0.2, 0) is 11.2 Å². The van der Waals surface area contributed by atoms with Crippen molar-refractivity contribution in [3.8, 4) is 0 Å². The Hall–Kier alpha value is -2.41. The molecule has 0 saturated heterocycles. The highest BCUT2D eigenvalue weighted by Gasteiger charge is 2.12. The monoisotopic (exact) mass is 416 g/mol. The molecule has 1 heteroatoms. The van der Waals surface area contributed by atoms with Crippen molar-refractivity contribution in [3.63, 3.8) is 0 Å². The summed E-state index contributed by atoms with van der Waals surface area (Å²) in [7, 11) is 0. The van der Waals surface area contributed by atoms with Crippen LogP contribution < -0.4 is 0 Å². The highest BCUT2D eigenvalue weighted by molar-refractivity contribution is 5.94. The molecule has 0 spiro atoms. The van der Waals surface area contributed by atoms with Crippen LogP contribution in [-0.4, -0.2) is 5.78 Å². The zero-order valence-corrected chi connectivity index (χ0v) is 20.9. The molecule has 0 heterocycles. The van der Waals surface area contributed by atoms with E-state index in [9.17, 15) is 4.79 Å². The maximum atomic E-state index is 12.6. The number of ketones is 1. The molecule has 0 saturated carbocycles. The van der Waals surface area contributed by atoms with Crippen molar-refractivity contribution in [1.29, 1.82) is 0 Å². The van der Waals surface area contributed by atoms with Crippen LogP contribution in [0.4, 0.5) is 0 Å². The molecule has 0 aromatic heterocycles. The van der Waals surface area contributed by atoms with Gasteiger partial charge in [0, 0.05) is 6.42 Å². The van der Waals surface area contributed by atoms with Gasteiger partial charge in [0.25, 0.3) is 0 Å². The molecule has 0 aliphatic carbocycles. The van der Waals surface area contributed by atoms with Crippen molar-refractivity contribution >= 4 is 17.4 Å². The Morgan fingerprint density at radius 1 is 0.839 bits per heavy atom. The predicted octanol–water partition coefficient (Wildman–Crippen LogP) is 8.35. The number of hydrogen-bond donors (Lipinski definition) is 0. The standard InChI is InChI=1S/C30H40O/c1-9-11-12-29-21(4)17-26(18-22(29)5)13-15-28(31)16-14-27(10-2)30-19-20(3)23(6)24(7)25(30)8/h10,13,15,17-19H,9,11-12,14,16H2,1-8H3/b15-13+,27-10?. The average Bonchev–Trinajstić information content (AvgIpc) is 2.74. The number of allylic oxidation sites excluding steroid dienone is 3. The Kier molecular flexibility index (Phi) is 9.04. The molecule has 0 aliphatic rings. The van der Waals surface area contributed by atoms with Crippen LogP contribution >= 0.6 is 0 Å². The van der Waals surface area contributed by atoms with Crippen molar-refractivity contribution in [3.05, 3.63) is 80.4 Å². The van der Waals surface area contributed by atoms with Crippen LogP contribution in [0.15, 0.2) is 30.4 Å². The van der Waals surface area contributed by atoms with Crippen LogP contribution in [0.2, 0.25) is 0 Å². The second-order valence-electron chi connectivity index (χ2n) is 8.97. The fraction of sp³-hybridized carbons (Fsp3) is 0.433. The van der Waals surface area contributed by atoms with Gasteiger partial charge in [0.15, 0.2) is 5.78 Å². The molecular formula is C30H40O. The van der Waals surface area contributed by atoms with E-state index < -0.39 is 0 Å². The van der Waals surface area contributed by atoms with Gasteiger partial charge in [-0.25, -0.2) is 0 Å². The summed E-state index contributed by atoms with van der Waals surface area (Å²) < 4.78 is 0. The van der Waals surface area contributed by atoms with Gasteiger partial charge in [0.1, 0.15) is 0 Å². The van der Waals surface area contributed by atoms with Gasteiger partial charge >= 0.3 is 0 Å². The highest BCUT2D eigenvalue weighted by Crippen LogP contribution is 2.29. The minimum Gasteiger partial charge on any atom is -0.295 e.